The first-order valence-corrected chi connectivity index (χ1v) is 6.28. The van der Waals surface area contributed by atoms with Crippen LogP contribution in [0.15, 0.2) is 18.2 Å². The van der Waals surface area contributed by atoms with Crippen LogP contribution in [0.4, 0.5) is 4.39 Å². The van der Waals surface area contributed by atoms with Gasteiger partial charge in [0, 0.05) is 18.6 Å². The maximum atomic E-state index is 13.8. The number of fused-ring (bicyclic) bond motifs is 2. The van der Waals surface area contributed by atoms with Crippen molar-refractivity contribution >= 4 is 0 Å². The van der Waals surface area contributed by atoms with Crippen molar-refractivity contribution in [2.75, 3.05) is 13.2 Å². The van der Waals surface area contributed by atoms with Crippen LogP contribution in [0.3, 0.4) is 0 Å². The minimum atomic E-state index is -0.360. The summed E-state index contributed by atoms with van der Waals surface area (Å²) in [5.41, 5.74) is 1.55. The number of halogens is 1. The molecule has 0 bridgehead atoms. The lowest BCUT2D eigenvalue weighted by molar-refractivity contribution is -0.0241. The lowest BCUT2D eigenvalue weighted by Gasteiger charge is -2.45. The van der Waals surface area contributed by atoms with E-state index in [1.165, 1.54) is 6.07 Å². The summed E-state index contributed by atoms with van der Waals surface area (Å²) in [6.45, 7) is 1.32. The van der Waals surface area contributed by atoms with Gasteiger partial charge in [-0.2, -0.15) is 0 Å². The van der Waals surface area contributed by atoms with Crippen molar-refractivity contribution in [1.29, 1.82) is 0 Å². The average molecular weight is 236 g/mol. The number of aliphatic hydroxyl groups is 1. The Bertz CT molecular complexity index is 424. The second kappa shape index (κ2) is 4.07. The average Bonchev–Trinajstić information content (AvgIpc) is 2.36. The molecule has 0 amide bonds. The van der Waals surface area contributed by atoms with E-state index in [0.717, 1.165) is 24.0 Å². The van der Waals surface area contributed by atoms with Crippen LogP contribution in [0.1, 0.15) is 30.4 Å². The van der Waals surface area contributed by atoms with Crippen molar-refractivity contribution < 1.29 is 14.2 Å². The molecule has 17 heavy (non-hydrogen) atoms. The molecule has 2 aliphatic rings. The smallest absolute Gasteiger partial charge is 0.126 e. The quantitative estimate of drug-likeness (QED) is 0.748. The fourth-order valence-electron chi connectivity index (χ4n) is 3.35. The van der Waals surface area contributed by atoms with Crippen LogP contribution in [0.25, 0.3) is 0 Å². The zero-order chi connectivity index (χ0) is 11.9. The van der Waals surface area contributed by atoms with Gasteiger partial charge in [0.1, 0.15) is 5.82 Å². The van der Waals surface area contributed by atoms with Gasteiger partial charge < -0.3 is 9.84 Å². The van der Waals surface area contributed by atoms with Gasteiger partial charge >= 0.3 is 0 Å². The first-order valence-electron chi connectivity index (χ1n) is 6.28. The number of hydrogen-bond donors (Lipinski definition) is 1. The predicted molar refractivity (Wildman–Crippen MR) is 62.5 cm³/mol. The molecule has 1 fully saturated rings. The van der Waals surface area contributed by atoms with Gasteiger partial charge in [-0.1, -0.05) is 12.1 Å². The molecular weight excluding hydrogens is 219 g/mol. The number of rotatable bonds is 0. The van der Waals surface area contributed by atoms with Gasteiger partial charge in [-0.15, -0.1) is 0 Å². The summed E-state index contributed by atoms with van der Waals surface area (Å²) in [6, 6.07) is 5.25. The molecule has 1 aromatic carbocycles. The van der Waals surface area contributed by atoms with Crippen molar-refractivity contribution in [3.63, 3.8) is 0 Å². The van der Waals surface area contributed by atoms with Crippen LogP contribution >= 0.6 is 0 Å². The Morgan fingerprint density at radius 3 is 2.82 bits per heavy atom. The Hall–Kier alpha value is -0.930. The Morgan fingerprint density at radius 1 is 1.29 bits per heavy atom. The molecule has 2 nitrogen and oxygen atoms in total. The van der Waals surface area contributed by atoms with E-state index in [1.54, 1.807) is 6.07 Å². The van der Waals surface area contributed by atoms with E-state index >= 15 is 0 Å². The molecule has 3 heteroatoms. The normalized spacial score (nSPS) is 26.8. The van der Waals surface area contributed by atoms with Crippen LogP contribution in [0, 0.1) is 5.82 Å². The van der Waals surface area contributed by atoms with E-state index < -0.39 is 0 Å². The maximum Gasteiger partial charge on any atom is 0.126 e. The number of ether oxygens (including phenoxy) is 1. The Morgan fingerprint density at radius 2 is 2.06 bits per heavy atom. The molecule has 0 saturated carbocycles. The molecule has 1 N–H and O–H groups in total. The molecule has 1 aliphatic heterocycles. The summed E-state index contributed by atoms with van der Waals surface area (Å²) >= 11 is 0. The summed E-state index contributed by atoms with van der Waals surface area (Å²) in [4.78, 5) is 0. The highest BCUT2D eigenvalue weighted by Gasteiger charge is 2.45. The van der Waals surface area contributed by atoms with Crippen molar-refractivity contribution in [2.45, 2.75) is 37.2 Å². The van der Waals surface area contributed by atoms with Crippen LogP contribution < -0.4 is 0 Å². The van der Waals surface area contributed by atoms with Crippen LogP contribution in [-0.2, 0) is 16.6 Å². The first kappa shape index (κ1) is 11.2. The van der Waals surface area contributed by atoms with Crippen molar-refractivity contribution in [2.24, 2.45) is 0 Å². The van der Waals surface area contributed by atoms with Crippen molar-refractivity contribution in [1.82, 2.24) is 0 Å². The van der Waals surface area contributed by atoms with Gasteiger partial charge in [-0.05, 0) is 42.9 Å². The van der Waals surface area contributed by atoms with Crippen molar-refractivity contribution in [3.05, 3.63) is 35.1 Å². The lowest BCUT2D eigenvalue weighted by Crippen LogP contribution is -2.47. The van der Waals surface area contributed by atoms with E-state index in [2.05, 4.69) is 0 Å². The van der Waals surface area contributed by atoms with Gasteiger partial charge in [-0.25, -0.2) is 4.39 Å². The Balaban J connectivity index is 2.12. The molecule has 3 rings (SSSR count). The van der Waals surface area contributed by atoms with Gasteiger partial charge in [0.25, 0.3) is 0 Å². The zero-order valence-electron chi connectivity index (χ0n) is 9.79. The number of benzene rings is 1. The van der Waals surface area contributed by atoms with Crippen molar-refractivity contribution in [3.8, 4) is 0 Å². The molecule has 1 aliphatic carbocycles. The third-order valence-electron chi connectivity index (χ3n) is 4.35. The number of aliphatic hydroxyl groups excluding tert-OH is 1. The van der Waals surface area contributed by atoms with Crippen LogP contribution in [0.2, 0.25) is 0 Å². The van der Waals surface area contributed by atoms with E-state index in [-0.39, 0.29) is 17.3 Å². The summed E-state index contributed by atoms with van der Waals surface area (Å²) < 4.78 is 19.2. The predicted octanol–water partition coefficient (Wildman–Crippen LogP) is 2.18. The summed E-state index contributed by atoms with van der Waals surface area (Å²) in [5, 5.41) is 10.3. The molecule has 1 unspecified atom stereocenters. The third-order valence-corrected chi connectivity index (χ3v) is 4.35. The first-order chi connectivity index (χ1) is 8.24. The van der Waals surface area contributed by atoms with Crippen LogP contribution in [-0.4, -0.2) is 24.4 Å². The summed E-state index contributed by atoms with van der Waals surface area (Å²) in [6.07, 6.45) is 2.54. The van der Waals surface area contributed by atoms with Gasteiger partial charge in [0.15, 0.2) is 0 Å². The van der Waals surface area contributed by atoms with E-state index in [1.807, 2.05) is 6.07 Å². The lowest BCUT2D eigenvalue weighted by atomic mass is 9.64. The largest absolute Gasteiger partial charge is 0.392 e. The second-order valence-electron chi connectivity index (χ2n) is 5.09. The fraction of sp³-hybridized carbons (Fsp3) is 0.571. The maximum absolute atomic E-state index is 13.8. The summed E-state index contributed by atoms with van der Waals surface area (Å²) in [7, 11) is 0. The molecule has 0 aromatic heterocycles. The Kier molecular flexibility index (Phi) is 2.68. The van der Waals surface area contributed by atoms with Crippen LogP contribution in [0.5, 0.6) is 0 Å². The second-order valence-corrected chi connectivity index (χ2v) is 5.09. The molecule has 0 radical (unpaired) electrons. The monoisotopic (exact) mass is 236 g/mol. The highest BCUT2D eigenvalue weighted by atomic mass is 19.1. The molecule has 1 saturated heterocycles. The van der Waals surface area contributed by atoms with E-state index in [9.17, 15) is 9.50 Å². The van der Waals surface area contributed by atoms with Gasteiger partial charge in [0.2, 0.25) is 0 Å². The third kappa shape index (κ3) is 1.60. The zero-order valence-corrected chi connectivity index (χ0v) is 9.79. The van der Waals surface area contributed by atoms with Gasteiger partial charge in [-0.3, -0.25) is 0 Å². The Labute approximate surface area is 100 Å². The number of hydrogen-bond acceptors (Lipinski definition) is 2. The highest BCUT2D eigenvalue weighted by molar-refractivity contribution is 5.39. The van der Waals surface area contributed by atoms with Gasteiger partial charge in [0.05, 0.1) is 6.10 Å². The molecule has 1 spiro atoms. The fourth-order valence-corrected chi connectivity index (χ4v) is 3.35. The molecule has 1 heterocycles. The highest BCUT2D eigenvalue weighted by Crippen LogP contribution is 2.45. The topological polar surface area (TPSA) is 29.5 Å². The van der Waals surface area contributed by atoms with E-state index in [4.69, 9.17) is 4.74 Å². The van der Waals surface area contributed by atoms with E-state index in [0.29, 0.717) is 26.1 Å². The summed E-state index contributed by atoms with van der Waals surface area (Å²) in [5.74, 6) is -0.125. The molecule has 1 atom stereocenters. The SMILES string of the molecule is OC1CCc2c(F)cccc2C12CCOCC2. The molecule has 92 valence electrons. The minimum absolute atomic E-state index is 0.125. The minimum Gasteiger partial charge on any atom is -0.392 e. The molecule has 1 aromatic rings. The standard InChI is InChI=1S/C14H17FO2/c15-12-3-1-2-11-10(12)4-5-13(16)14(11)6-8-17-9-7-14/h1-3,13,16H,4-9H2. The molecular formula is C14H17FO2.